The number of hydrogen-bond donors (Lipinski definition) is 7. The highest BCUT2D eigenvalue weighted by atomic mass is 31.3. The SMILES string of the molecule is C=CCOCOC1C[C@H](n2cc(/C=C/CNC(=O)COC(COc3cccc(C(=O)NCCCCC)c3)OCC=C)c3c(N)ncnc32)O[C@@H]1COP(=O)(O)OP(=O)(O)OP(=O)(O)O. The van der Waals surface area contributed by atoms with E-state index in [2.05, 4.69) is 49.3 Å². The Bertz CT molecular complexity index is 2200. The number of nitrogens with one attached hydrogen (secondary N) is 2. The number of rotatable bonds is 30. The van der Waals surface area contributed by atoms with Crippen LogP contribution in [0.25, 0.3) is 17.1 Å². The molecule has 3 aromatic rings. The first kappa shape index (κ1) is 52.4. The fourth-order valence-electron chi connectivity index (χ4n) is 5.89. The number of anilines is 1. The van der Waals surface area contributed by atoms with Gasteiger partial charge in [0.2, 0.25) is 5.91 Å². The number of phosphoric acid groups is 3. The van der Waals surface area contributed by atoms with Crippen molar-refractivity contribution in [2.24, 2.45) is 0 Å². The Morgan fingerprint density at radius 3 is 2.56 bits per heavy atom. The van der Waals surface area contributed by atoms with Crippen LogP contribution in [0.3, 0.4) is 0 Å². The van der Waals surface area contributed by atoms with Gasteiger partial charge < -0.3 is 68.9 Å². The maximum atomic E-state index is 12.8. The van der Waals surface area contributed by atoms with E-state index >= 15 is 0 Å². The van der Waals surface area contributed by atoms with E-state index < -0.39 is 60.7 Å². The van der Waals surface area contributed by atoms with Crippen molar-refractivity contribution in [2.45, 2.75) is 57.3 Å². The Hall–Kier alpha value is -4.19. The predicted molar refractivity (Wildman–Crippen MR) is 228 cm³/mol. The van der Waals surface area contributed by atoms with Crippen LogP contribution in [0.1, 0.15) is 54.8 Å². The molecule has 0 aliphatic carbocycles. The molecule has 3 heterocycles. The van der Waals surface area contributed by atoms with Crippen LogP contribution >= 0.6 is 23.5 Å². The van der Waals surface area contributed by atoms with Crippen LogP contribution in [0.4, 0.5) is 5.82 Å². The molecule has 24 nitrogen and oxygen atoms in total. The normalized spacial score (nSPS) is 18.9. The number of nitrogens with zero attached hydrogens (tertiary/aromatic N) is 3. The first-order valence-corrected chi connectivity index (χ1v) is 24.1. The number of aromatic nitrogens is 3. The van der Waals surface area contributed by atoms with Gasteiger partial charge in [-0.15, -0.1) is 13.2 Å². The van der Waals surface area contributed by atoms with Crippen molar-refractivity contribution < 1.29 is 84.4 Å². The van der Waals surface area contributed by atoms with Crippen LogP contribution in [0.5, 0.6) is 5.75 Å². The molecule has 4 rings (SSSR count). The summed E-state index contributed by atoms with van der Waals surface area (Å²) < 4.78 is 83.6. The standard InChI is InChI=1S/C37H53N6O18P3/c1-4-7-8-14-40-37(45)26-11-9-13-28(18-26)55-23-33(54-17-6-3)56-22-31(44)39-15-10-12-27-20-43(36-34(27)35(38)41-24-42-36)32-19-29(57-25-53-16-5-2)30(59-32)21-58-63(49,50)61-64(51,52)60-62(46,47)48/h5-6,9-13,18,20,24,29-30,32-33H,2-4,7-8,14-17,19,21-23,25H2,1H3,(H,39,44)(H,40,45)(H,49,50)(H,51,52)(H2,38,41,42)(H2,46,47,48)/b12-10+/t29?,30-,32-,33?/m1/s1. The van der Waals surface area contributed by atoms with Crippen molar-refractivity contribution in [2.75, 3.05) is 58.7 Å². The third-order valence-corrected chi connectivity index (χ3v) is 12.4. The van der Waals surface area contributed by atoms with Gasteiger partial charge in [-0.25, -0.2) is 23.7 Å². The third-order valence-electron chi connectivity index (χ3n) is 8.64. The molecule has 1 fully saturated rings. The summed E-state index contributed by atoms with van der Waals surface area (Å²) in [4.78, 5) is 71.0. The minimum absolute atomic E-state index is 0.0493. The zero-order valence-corrected chi connectivity index (χ0v) is 37.4. The van der Waals surface area contributed by atoms with Gasteiger partial charge in [-0.2, -0.15) is 8.62 Å². The molecule has 4 unspecified atom stereocenters. The quantitative estimate of drug-likeness (QED) is 0.0216. The van der Waals surface area contributed by atoms with Crippen molar-refractivity contribution in [3.63, 3.8) is 0 Å². The second-order valence-corrected chi connectivity index (χ2v) is 18.0. The van der Waals surface area contributed by atoms with Gasteiger partial charge in [0.25, 0.3) is 5.91 Å². The number of amides is 2. The fraction of sp³-hybridized carbons (Fsp3) is 0.459. The molecule has 0 radical (unpaired) electrons. The molecule has 27 heteroatoms. The molecule has 354 valence electrons. The average Bonchev–Trinajstić information content (AvgIpc) is 3.82. The zero-order chi connectivity index (χ0) is 46.8. The lowest BCUT2D eigenvalue weighted by atomic mass is 10.2. The molecule has 64 heavy (non-hydrogen) atoms. The lowest BCUT2D eigenvalue weighted by molar-refractivity contribution is -0.162. The molecule has 6 atom stereocenters. The Kier molecular flexibility index (Phi) is 20.9. The lowest BCUT2D eigenvalue weighted by Crippen LogP contribution is -2.33. The molecule has 1 aromatic carbocycles. The van der Waals surface area contributed by atoms with Crippen LogP contribution < -0.4 is 21.1 Å². The number of unbranched alkanes of at least 4 members (excludes halogenated alkanes) is 2. The summed E-state index contributed by atoms with van der Waals surface area (Å²) in [6.45, 7) is 8.60. The van der Waals surface area contributed by atoms with Crippen LogP contribution in [-0.2, 0) is 55.3 Å². The number of hydrogen-bond acceptors (Lipinski definition) is 17. The summed E-state index contributed by atoms with van der Waals surface area (Å²) in [5.74, 6) is -0.177. The lowest BCUT2D eigenvalue weighted by Gasteiger charge is -2.21. The molecular weight excluding hydrogens is 909 g/mol. The van der Waals surface area contributed by atoms with E-state index in [0.29, 0.717) is 34.5 Å². The number of phosphoric ester groups is 1. The highest BCUT2D eigenvalue weighted by molar-refractivity contribution is 7.66. The average molecular weight is 963 g/mol. The number of nitrogen functional groups attached to an aromatic ring is 1. The van der Waals surface area contributed by atoms with Crippen LogP contribution in [-0.4, -0.2) is 117 Å². The monoisotopic (exact) mass is 962 g/mol. The number of carbonyl (C=O) groups is 2. The highest BCUT2D eigenvalue weighted by Crippen LogP contribution is 2.66. The van der Waals surface area contributed by atoms with E-state index in [9.17, 15) is 33.1 Å². The first-order chi connectivity index (χ1) is 30.4. The van der Waals surface area contributed by atoms with Gasteiger partial charge in [0, 0.05) is 36.8 Å². The van der Waals surface area contributed by atoms with Gasteiger partial charge in [-0.3, -0.25) is 14.1 Å². The van der Waals surface area contributed by atoms with Gasteiger partial charge in [-0.1, -0.05) is 50.1 Å². The zero-order valence-electron chi connectivity index (χ0n) is 34.7. The summed E-state index contributed by atoms with van der Waals surface area (Å²) in [6, 6.07) is 6.66. The second-order valence-electron chi connectivity index (χ2n) is 13.6. The number of carbonyl (C=O) groups excluding carboxylic acids is 2. The molecule has 1 aliphatic rings. The molecule has 8 N–H and O–H groups in total. The predicted octanol–water partition coefficient (Wildman–Crippen LogP) is 3.86. The van der Waals surface area contributed by atoms with Gasteiger partial charge in [0.1, 0.15) is 55.9 Å². The smallest absolute Gasteiger partial charge is 0.488 e. The fourth-order valence-corrected chi connectivity index (χ4v) is 8.92. The number of ether oxygens (including phenoxy) is 6. The van der Waals surface area contributed by atoms with E-state index in [0.717, 1.165) is 19.3 Å². The van der Waals surface area contributed by atoms with Crippen molar-refractivity contribution in [3.05, 3.63) is 79.3 Å². The summed E-state index contributed by atoms with van der Waals surface area (Å²) in [5, 5.41) is 6.01. The summed E-state index contributed by atoms with van der Waals surface area (Å²) in [6.07, 6.45) is 8.25. The molecule has 2 aromatic heterocycles. The Balaban J connectivity index is 1.37. The van der Waals surface area contributed by atoms with E-state index in [1.807, 2.05) is 0 Å². The van der Waals surface area contributed by atoms with Crippen molar-refractivity contribution in [1.82, 2.24) is 25.2 Å². The van der Waals surface area contributed by atoms with E-state index in [1.54, 1.807) is 47.2 Å². The topological polar surface area (TPSA) is 330 Å². The van der Waals surface area contributed by atoms with Crippen molar-refractivity contribution in [3.8, 4) is 5.75 Å². The second kappa shape index (κ2) is 25.5. The Morgan fingerprint density at radius 2 is 1.83 bits per heavy atom. The molecule has 1 saturated heterocycles. The van der Waals surface area contributed by atoms with Crippen LogP contribution in [0.15, 0.2) is 68.2 Å². The largest absolute Gasteiger partial charge is 0.490 e. The third kappa shape index (κ3) is 17.7. The summed E-state index contributed by atoms with van der Waals surface area (Å²) in [7, 11) is -16.9. The maximum Gasteiger partial charge on any atom is 0.490 e. The maximum absolute atomic E-state index is 12.8. The van der Waals surface area contributed by atoms with Crippen LogP contribution in [0, 0.1) is 0 Å². The van der Waals surface area contributed by atoms with Gasteiger partial charge in [0.05, 0.1) is 31.3 Å². The molecule has 0 bridgehead atoms. The summed E-state index contributed by atoms with van der Waals surface area (Å²) in [5.41, 5.74) is 7.51. The van der Waals surface area contributed by atoms with Crippen LogP contribution in [0.2, 0.25) is 0 Å². The van der Waals surface area contributed by atoms with E-state index in [4.69, 9.17) is 48.5 Å². The van der Waals surface area contributed by atoms with Gasteiger partial charge in [0.15, 0.2) is 6.29 Å². The number of fused-ring (bicyclic) bond motifs is 1. The molecule has 0 spiro atoms. The minimum atomic E-state index is -5.77. The molecule has 1 aliphatic heterocycles. The molecular formula is C37H53N6O18P3. The molecule has 2 amide bonds. The van der Waals surface area contributed by atoms with Gasteiger partial charge >= 0.3 is 23.5 Å². The first-order valence-electron chi connectivity index (χ1n) is 19.6. The number of nitrogens with two attached hydrogens (primary N) is 1. The minimum Gasteiger partial charge on any atom is -0.488 e. The molecule has 0 saturated carbocycles. The Morgan fingerprint density at radius 1 is 1.05 bits per heavy atom. The Labute approximate surface area is 368 Å². The number of benzene rings is 1. The highest BCUT2D eigenvalue weighted by Gasteiger charge is 2.44. The van der Waals surface area contributed by atoms with Crippen molar-refractivity contribution in [1.29, 1.82) is 0 Å². The summed E-state index contributed by atoms with van der Waals surface area (Å²) >= 11 is 0. The van der Waals surface area contributed by atoms with Gasteiger partial charge in [-0.05, 0) is 24.6 Å². The van der Waals surface area contributed by atoms with E-state index in [1.165, 1.54) is 18.5 Å². The van der Waals surface area contributed by atoms with Crippen molar-refractivity contribution >= 4 is 58.2 Å². The van der Waals surface area contributed by atoms with E-state index in [-0.39, 0.29) is 57.9 Å².